The molecule has 0 aliphatic rings. The van der Waals surface area contributed by atoms with Crippen molar-refractivity contribution in [3.8, 4) is 11.1 Å². The molecule has 27 heavy (non-hydrogen) atoms. The maximum Gasteiger partial charge on any atom is 0.0883 e. The topological polar surface area (TPSA) is 38.3 Å². The van der Waals surface area contributed by atoms with E-state index in [1.807, 2.05) is 25.1 Å². The van der Waals surface area contributed by atoms with Crippen LogP contribution in [-0.2, 0) is 22.1 Å². The van der Waals surface area contributed by atoms with Gasteiger partial charge in [-0.25, -0.2) is 8.93 Å². The summed E-state index contributed by atoms with van der Waals surface area (Å²) in [6.07, 6.45) is 10.9. The van der Waals surface area contributed by atoms with Crippen LogP contribution in [0.2, 0.25) is 0 Å². The van der Waals surface area contributed by atoms with Crippen LogP contribution >= 0.6 is 0 Å². The van der Waals surface area contributed by atoms with Crippen molar-refractivity contribution in [1.29, 1.82) is 0 Å². The fourth-order valence-electron chi connectivity index (χ4n) is 2.58. The molecule has 1 N–H and O–H groups in total. The zero-order valence-electron chi connectivity index (χ0n) is 16.7. The van der Waals surface area contributed by atoms with Crippen molar-refractivity contribution >= 4 is 11.0 Å². The molecular formula is C23H31NO2S. The van der Waals surface area contributed by atoms with Crippen LogP contribution in [0.25, 0.3) is 11.1 Å². The second-order valence-corrected chi connectivity index (χ2v) is 7.35. The van der Waals surface area contributed by atoms with Crippen molar-refractivity contribution in [2.75, 3.05) is 27.0 Å². The highest BCUT2D eigenvalue weighted by atomic mass is 32.2. The highest BCUT2D eigenvalue weighted by molar-refractivity contribution is 7.82. The monoisotopic (exact) mass is 385 g/mol. The highest BCUT2D eigenvalue weighted by Crippen LogP contribution is 2.21. The first kappa shape index (κ1) is 23.0. The lowest BCUT2D eigenvalue weighted by atomic mass is 9.95. The molecule has 2 aromatic rings. The average molecular weight is 386 g/mol. The van der Waals surface area contributed by atoms with Crippen molar-refractivity contribution < 1.29 is 8.95 Å². The lowest BCUT2D eigenvalue weighted by molar-refractivity contribution is 0.277. The first-order valence-electron chi connectivity index (χ1n) is 9.01. The van der Waals surface area contributed by atoms with Crippen LogP contribution in [0.15, 0.2) is 78.9 Å². The van der Waals surface area contributed by atoms with Gasteiger partial charge in [-0.1, -0.05) is 78.9 Å². The smallest absolute Gasteiger partial charge is 0.0883 e. The third-order valence-electron chi connectivity index (χ3n) is 3.77. The minimum absolute atomic E-state index is 0.302. The van der Waals surface area contributed by atoms with Gasteiger partial charge < -0.3 is 4.74 Å². The zero-order chi connectivity index (χ0) is 19.9. The van der Waals surface area contributed by atoms with Crippen LogP contribution in [0, 0.1) is 5.92 Å². The Morgan fingerprint density at radius 2 is 1.70 bits per heavy atom. The molecule has 0 bridgehead atoms. The number of hydrogen-bond acceptors (Lipinski definition) is 2. The fourth-order valence-corrected chi connectivity index (χ4v) is 3.03. The van der Waals surface area contributed by atoms with Gasteiger partial charge in [0.2, 0.25) is 0 Å². The summed E-state index contributed by atoms with van der Waals surface area (Å²) in [6.45, 7) is 2.70. The fraction of sp³-hybridized carbons (Fsp3) is 0.304. The molecule has 0 radical (unpaired) electrons. The van der Waals surface area contributed by atoms with E-state index < -0.39 is 11.0 Å². The summed E-state index contributed by atoms with van der Waals surface area (Å²) in [7, 11) is 2.26. The predicted molar refractivity (Wildman–Crippen MR) is 118 cm³/mol. The van der Waals surface area contributed by atoms with E-state index in [9.17, 15) is 4.21 Å². The maximum absolute atomic E-state index is 11.3. The molecule has 0 heterocycles. The summed E-state index contributed by atoms with van der Waals surface area (Å²) in [6, 6.07) is 19.1. The summed E-state index contributed by atoms with van der Waals surface area (Å²) in [5.41, 5.74) is 3.75. The quantitative estimate of drug-likeness (QED) is 0.664. The van der Waals surface area contributed by atoms with Crippen molar-refractivity contribution in [2.45, 2.75) is 13.3 Å². The van der Waals surface area contributed by atoms with Crippen molar-refractivity contribution in [3.05, 3.63) is 84.5 Å². The standard InChI is InChI=1S/C21H25NOS.C2H6O/c1-3-4-6-10-19(17-22-24(2)23)15-18-11-9-14-21(16-18)20-12-7-5-8-13-20;1-3-2/h3-14,16,19,22H,15,17H2,1-2H3;1-2H3/b4-3-,10-6-;. The second kappa shape index (κ2) is 14.1. The summed E-state index contributed by atoms with van der Waals surface area (Å²) in [4.78, 5) is 0. The largest absolute Gasteiger partial charge is 0.388 e. The minimum atomic E-state index is -0.987. The Morgan fingerprint density at radius 3 is 2.33 bits per heavy atom. The molecule has 0 aliphatic heterocycles. The van der Waals surface area contributed by atoms with Crippen LogP contribution in [0.1, 0.15) is 12.5 Å². The highest BCUT2D eigenvalue weighted by Gasteiger charge is 2.08. The van der Waals surface area contributed by atoms with Gasteiger partial charge in [-0.2, -0.15) is 0 Å². The predicted octanol–water partition coefficient (Wildman–Crippen LogP) is 4.79. The van der Waals surface area contributed by atoms with Gasteiger partial charge in [0, 0.05) is 27.0 Å². The third-order valence-corrected chi connectivity index (χ3v) is 4.34. The number of methoxy groups -OCH3 is 1. The van der Waals surface area contributed by atoms with Gasteiger partial charge in [-0.15, -0.1) is 0 Å². The van der Waals surface area contributed by atoms with Gasteiger partial charge in [-0.05, 0) is 36.0 Å². The maximum atomic E-state index is 11.3. The lowest BCUT2D eigenvalue weighted by Crippen LogP contribution is -2.24. The molecule has 0 aliphatic carbocycles. The molecule has 2 atom stereocenters. The Hall–Kier alpha value is -2.01. The molecule has 3 nitrogen and oxygen atoms in total. The molecule has 4 heteroatoms. The Kier molecular flexibility index (Phi) is 12.0. The van der Waals surface area contributed by atoms with Crippen LogP contribution < -0.4 is 4.72 Å². The van der Waals surface area contributed by atoms with Crippen LogP contribution in [-0.4, -0.2) is 31.2 Å². The number of rotatable bonds is 8. The third kappa shape index (κ3) is 10.0. The molecule has 2 aromatic carbocycles. The molecule has 0 aromatic heterocycles. The van der Waals surface area contributed by atoms with Gasteiger partial charge >= 0.3 is 0 Å². The van der Waals surface area contributed by atoms with E-state index in [2.05, 4.69) is 70.1 Å². The number of nitrogens with one attached hydrogen (secondary N) is 1. The molecule has 0 spiro atoms. The second-order valence-electron chi connectivity index (χ2n) is 6.15. The van der Waals surface area contributed by atoms with Gasteiger partial charge in [0.05, 0.1) is 11.0 Å². The van der Waals surface area contributed by atoms with Crippen molar-refractivity contribution in [3.63, 3.8) is 0 Å². The number of ether oxygens (including phenoxy) is 1. The van der Waals surface area contributed by atoms with Gasteiger partial charge in [0.15, 0.2) is 0 Å². The number of benzene rings is 2. The molecule has 2 unspecified atom stereocenters. The minimum Gasteiger partial charge on any atom is -0.388 e. The van der Waals surface area contributed by atoms with E-state index in [1.165, 1.54) is 16.7 Å². The van der Waals surface area contributed by atoms with Crippen molar-refractivity contribution in [2.24, 2.45) is 5.92 Å². The number of allylic oxidation sites excluding steroid dienone is 3. The van der Waals surface area contributed by atoms with E-state index in [4.69, 9.17) is 0 Å². The zero-order valence-corrected chi connectivity index (χ0v) is 17.5. The van der Waals surface area contributed by atoms with Crippen LogP contribution in [0.4, 0.5) is 0 Å². The lowest BCUT2D eigenvalue weighted by Gasteiger charge is -2.14. The van der Waals surface area contributed by atoms with E-state index in [-0.39, 0.29) is 0 Å². The first-order chi connectivity index (χ1) is 13.1. The summed E-state index contributed by atoms with van der Waals surface area (Å²) in [5.74, 6) is 0.302. The Bertz CT molecular complexity index is 726. The Balaban J connectivity index is 0.00000114. The van der Waals surface area contributed by atoms with Crippen LogP contribution in [0.5, 0.6) is 0 Å². The van der Waals surface area contributed by atoms with Gasteiger partial charge in [-0.3, -0.25) is 0 Å². The number of hydrogen-bond donors (Lipinski definition) is 1. The molecule has 0 saturated heterocycles. The molecule has 0 saturated carbocycles. The normalized spacial score (nSPS) is 13.3. The van der Waals surface area contributed by atoms with Crippen molar-refractivity contribution in [1.82, 2.24) is 4.72 Å². The van der Waals surface area contributed by atoms with E-state index in [0.29, 0.717) is 12.5 Å². The summed E-state index contributed by atoms with van der Waals surface area (Å²) in [5, 5.41) is 0. The molecule has 0 amide bonds. The molecule has 0 fully saturated rings. The molecule has 2 rings (SSSR count). The average Bonchev–Trinajstić information content (AvgIpc) is 2.67. The SMILES string of the molecule is C/C=C\C=C/C(CNS(C)=O)Cc1cccc(-c2ccccc2)c1.COC. The molecular weight excluding hydrogens is 354 g/mol. The first-order valence-corrected chi connectivity index (χ1v) is 10.6. The Labute approximate surface area is 166 Å². The Morgan fingerprint density at radius 1 is 1.04 bits per heavy atom. The van der Waals surface area contributed by atoms with Crippen LogP contribution in [0.3, 0.4) is 0 Å². The molecule has 146 valence electrons. The van der Waals surface area contributed by atoms with Gasteiger partial charge in [0.1, 0.15) is 0 Å². The van der Waals surface area contributed by atoms with E-state index in [0.717, 1.165) is 6.42 Å². The summed E-state index contributed by atoms with van der Waals surface area (Å²) < 4.78 is 18.6. The van der Waals surface area contributed by atoms with E-state index in [1.54, 1.807) is 20.5 Å². The van der Waals surface area contributed by atoms with E-state index >= 15 is 0 Å². The van der Waals surface area contributed by atoms with Gasteiger partial charge in [0.25, 0.3) is 0 Å². The summed E-state index contributed by atoms with van der Waals surface area (Å²) >= 11 is 0.